The van der Waals surface area contributed by atoms with E-state index in [1.54, 1.807) is 0 Å². The molecule has 136 valence electrons. The highest BCUT2D eigenvalue weighted by Crippen LogP contribution is 2.34. The predicted molar refractivity (Wildman–Crippen MR) is 78.9 cm³/mol. The molecule has 11 heteroatoms. The van der Waals surface area contributed by atoms with Gasteiger partial charge in [-0.1, -0.05) is 11.6 Å². The monoisotopic (exact) mass is 381 g/mol. The van der Waals surface area contributed by atoms with Crippen molar-refractivity contribution in [2.24, 2.45) is 0 Å². The Morgan fingerprint density at radius 2 is 1.84 bits per heavy atom. The molecule has 0 spiro atoms. The molecule has 0 aromatic heterocycles. The Labute approximate surface area is 143 Å². The number of ketones is 3. The van der Waals surface area contributed by atoms with E-state index in [1.807, 2.05) is 0 Å². The van der Waals surface area contributed by atoms with E-state index in [-0.39, 0.29) is 0 Å². The van der Waals surface area contributed by atoms with Gasteiger partial charge < -0.3 is 4.74 Å². The third kappa shape index (κ3) is 6.49. The standard InChI is InChI=1S/C14H11ClF3NO6/c1-7(20)2-8(21)3-12(22)9-4-13(25-6-14(16,17)18)10(15)5-11(9)19(23)24/h4-5H,2-3,6H2,1H3. The minimum Gasteiger partial charge on any atom is -0.483 e. The molecule has 0 radical (unpaired) electrons. The maximum Gasteiger partial charge on any atom is 0.422 e. The van der Waals surface area contributed by atoms with Crippen LogP contribution in [0.25, 0.3) is 0 Å². The van der Waals surface area contributed by atoms with Crippen molar-refractivity contribution in [3.63, 3.8) is 0 Å². The predicted octanol–water partition coefficient (Wildman–Crippen LogP) is 3.31. The summed E-state index contributed by atoms with van der Waals surface area (Å²) in [5.74, 6) is -2.91. The van der Waals surface area contributed by atoms with Crippen LogP contribution in [0.1, 0.15) is 30.1 Å². The lowest BCUT2D eigenvalue weighted by atomic mass is 10.0. The van der Waals surface area contributed by atoms with Gasteiger partial charge in [0.15, 0.2) is 12.4 Å². The van der Waals surface area contributed by atoms with Gasteiger partial charge in [-0.25, -0.2) is 0 Å². The maximum atomic E-state index is 12.2. The molecule has 1 aromatic rings. The molecule has 0 aliphatic heterocycles. The number of ether oxygens (including phenoxy) is 1. The summed E-state index contributed by atoms with van der Waals surface area (Å²) in [5.41, 5.74) is -1.42. The second-order valence-corrected chi connectivity index (χ2v) is 5.39. The number of hydrogen-bond donors (Lipinski definition) is 0. The largest absolute Gasteiger partial charge is 0.483 e. The van der Waals surface area contributed by atoms with Crippen molar-refractivity contribution in [1.82, 2.24) is 0 Å². The molecule has 0 saturated heterocycles. The summed E-state index contributed by atoms with van der Waals surface area (Å²) in [6, 6.07) is 1.34. The van der Waals surface area contributed by atoms with Crippen LogP contribution in [0.5, 0.6) is 5.75 Å². The normalized spacial score (nSPS) is 11.1. The number of alkyl halides is 3. The lowest BCUT2D eigenvalue weighted by Gasteiger charge is -2.12. The van der Waals surface area contributed by atoms with E-state index in [2.05, 4.69) is 4.74 Å². The highest BCUT2D eigenvalue weighted by molar-refractivity contribution is 6.32. The quantitative estimate of drug-likeness (QED) is 0.296. The maximum absolute atomic E-state index is 12.2. The molecule has 0 fully saturated rings. The van der Waals surface area contributed by atoms with Gasteiger partial charge in [-0.3, -0.25) is 24.5 Å². The van der Waals surface area contributed by atoms with Crippen LogP contribution in [0.15, 0.2) is 12.1 Å². The summed E-state index contributed by atoms with van der Waals surface area (Å²) in [5, 5.41) is 10.5. The number of halogens is 4. The van der Waals surface area contributed by atoms with Crippen LogP contribution in [0, 0.1) is 10.1 Å². The van der Waals surface area contributed by atoms with E-state index < -0.39 is 69.9 Å². The Morgan fingerprint density at radius 3 is 2.32 bits per heavy atom. The number of carbonyl (C=O) groups is 3. The van der Waals surface area contributed by atoms with Gasteiger partial charge in [-0.2, -0.15) is 13.2 Å². The van der Waals surface area contributed by atoms with Gasteiger partial charge in [0.25, 0.3) is 5.69 Å². The Kier molecular flexibility index (Phi) is 6.63. The molecule has 0 aliphatic rings. The van der Waals surface area contributed by atoms with E-state index in [4.69, 9.17) is 11.6 Å². The van der Waals surface area contributed by atoms with Crippen LogP contribution in [0.2, 0.25) is 5.02 Å². The van der Waals surface area contributed by atoms with Gasteiger partial charge in [0.2, 0.25) is 0 Å². The summed E-state index contributed by atoms with van der Waals surface area (Å²) in [6.45, 7) is -0.600. The number of rotatable bonds is 8. The first-order chi connectivity index (χ1) is 11.4. The average molecular weight is 382 g/mol. The average Bonchev–Trinajstić information content (AvgIpc) is 2.43. The molecule has 0 atom stereocenters. The number of benzene rings is 1. The van der Waals surface area contributed by atoms with Crippen LogP contribution in [0.4, 0.5) is 18.9 Å². The number of carbonyl (C=O) groups excluding carboxylic acids is 3. The van der Waals surface area contributed by atoms with Crippen molar-refractivity contribution in [3.05, 3.63) is 32.8 Å². The first kappa shape index (κ1) is 20.6. The topological polar surface area (TPSA) is 104 Å². The number of nitrogens with zero attached hydrogens (tertiary/aromatic N) is 1. The van der Waals surface area contributed by atoms with Crippen molar-refractivity contribution in [1.29, 1.82) is 0 Å². The van der Waals surface area contributed by atoms with Crippen LogP contribution in [-0.4, -0.2) is 35.1 Å². The molecule has 7 nitrogen and oxygen atoms in total. The van der Waals surface area contributed by atoms with Crippen molar-refractivity contribution < 1.29 is 37.2 Å². The van der Waals surface area contributed by atoms with Gasteiger partial charge in [-0.05, 0) is 13.0 Å². The zero-order chi connectivity index (χ0) is 19.4. The number of nitro benzene ring substituents is 1. The van der Waals surface area contributed by atoms with E-state index in [9.17, 15) is 37.7 Å². The summed E-state index contributed by atoms with van der Waals surface area (Å²) >= 11 is 5.63. The van der Waals surface area contributed by atoms with Gasteiger partial charge in [0, 0.05) is 6.07 Å². The molecular weight excluding hydrogens is 371 g/mol. The molecular formula is C14H11ClF3NO6. The Balaban J connectivity index is 3.17. The fourth-order valence-corrected chi connectivity index (χ4v) is 2.01. The van der Waals surface area contributed by atoms with Crippen molar-refractivity contribution >= 4 is 34.6 Å². The van der Waals surface area contributed by atoms with Crippen molar-refractivity contribution in [3.8, 4) is 5.75 Å². The first-order valence-corrected chi connectivity index (χ1v) is 7.00. The summed E-state index contributed by atoms with van der Waals surface area (Å²) in [6.07, 6.45) is -6.04. The number of hydrogen-bond acceptors (Lipinski definition) is 6. The molecule has 0 amide bonds. The van der Waals surface area contributed by atoms with E-state index in [0.29, 0.717) is 12.1 Å². The zero-order valence-electron chi connectivity index (χ0n) is 12.7. The van der Waals surface area contributed by atoms with Gasteiger partial charge in [0.1, 0.15) is 17.3 Å². The third-order valence-electron chi connectivity index (χ3n) is 2.74. The summed E-state index contributed by atoms with van der Waals surface area (Å²) in [7, 11) is 0. The third-order valence-corrected chi connectivity index (χ3v) is 3.04. The highest BCUT2D eigenvalue weighted by Gasteiger charge is 2.30. The number of Topliss-reactive ketones (excluding diaryl/α,β-unsaturated/α-hetero) is 3. The van der Waals surface area contributed by atoms with Gasteiger partial charge in [-0.15, -0.1) is 0 Å². The molecule has 0 aliphatic carbocycles. The summed E-state index contributed by atoms with van der Waals surface area (Å²) in [4.78, 5) is 44.5. The molecule has 0 N–H and O–H groups in total. The Bertz CT molecular complexity index is 732. The minimum absolute atomic E-state index is 0.498. The van der Waals surface area contributed by atoms with Crippen LogP contribution >= 0.6 is 11.6 Å². The smallest absolute Gasteiger partial charge is 0.422 e. The fourth-order valence-electron chi connectivity index (χ4n) is 1.80. The van der Waals surface area contributed by atoms with Crippen LogP contribution in [0.3, 0.4) is 0 Å². The van der Waals surface area contributed by atoms with Crippen LogP contribution in [-0.2, 0) is 9.59 Å². The van der Waals surface area contributed by atoms with Crippen LogP contribution < -0.4 is 4.74 Å². The fraction of sp³-hybridized carbons (Fsp3) is 0.357. The zero-order valence-corrected chi connectivity index (χ0v) is 13.4. The van der Waals surface area contributed by atoms with E-state index >= 15 is 0 Å². The van der Waals surface area contributed by atoms with Crippen molar-refractivity contribution in [2.75, 3.05) is 6.61 Å². The van der Waals surface area contributed by atoms with Gasteiger partial charge in [0.05, 0.1) is 28.4 Å². The van der Waals surface area contributed by atoms with Gasteiger partial charge >= 0.3 is 6.18 Å². The molecule has 0 saturated carbocycles. The lowest BCUT2D eigenvalue weighted by molar-refractivity contribution is -0.385. The second kappa shape index (κ2) is 8.06. The molecule has 0 bridgehead atoms. The molecule has 0 unspecified atom stereocenters. The molecule has 1 aromatic carbocycles. The minimum atomic E-state index is -4.69. The molecule has 1 rings (SSSR count). The first-order valence-electron chi connectivity index (χ1n) is 6.62. The highest BCUT2D eigenvalue weighted by atomic mass is 35.5. The Morgan fingerprint density at radius 1 is 1.24 bits per heavy atom. The second-order valence-electron chi connectivity index (χ2n) is 4.98. The molecule has 25 heavy (non-hydrogen) atoms. The summed E-state index contributed by atoms with van der Waals surface area (Å²) < 4.78 is 41.1. The Hall–Kier alpha value is -2.49. The number of nitro groups is 1. The lowest BCUT2D eigenvalue weighted by Crippen LogP contribution is -2.19. The van der Waals surface area contributed by atoms with E-state index in [1.165, 1.54) is 0 Å². The molecule has 0 heterocycles. The van der Waals surface area contributed by atoms with E-state index in [0.717, 1.165) is 6.92 Å². The SMILES string of the molecule is CC(=O)CC(=O)CC(=O)c1cc(OCC(F)(F)F)c(Cl)cc1[N+](=O)[O-]. The van der Waals surface area contributed by atoms with Crippen molar-refractivity contribution in [2.45, 2.75) is 25.9 Å².